The highest BCUT2D eigenvalue weighted by atomic mass is 16.3. The molecule has 0 aliphatic heterocycles. The summed E-state index contributed by atoms with van der Waals surface area (Å²) in [5.74, 6) is 0.394. The molecule has 2 aromatic heterocycles. The molecule has 5 rings (SSSR count). The van der Waals surface area contributed by atoms with Crippen LogP contribution >= 0.6 is 0 Å². The minimum atomic E-state index is -0.330. The quantitative estimate of drug-likeness (QED) is 0.364. The van der Waals surface area contributed by atoms with Crippen LogP contribution in [0.1, 0.15) is 16.1 Å². The molecule has 0 atom stereocenters. The van der Waals surface area contributed by atoms with Crippen LogP contribution in [-0.2, 0) is 11.2 Å². The topological polar surface area (TPSA) is 97.4 Å². The van der Waals surface area contributed by atoms with Crippen molar-refractivity contribution >= 4 is 34.2 Å². The normalized spacial score (nSPS) is 10.8. The van der Waals surface area contributed by atoms with Crippen LogP contribution in [0.15, 0.2) is 100 Å². The van der Waals surface area contributed by atoms with Crippen molar-refractivity contribution < 1.29 is 18.4 Å². The van der Waals surface area contributed by atoms with Gasteiger partial charge in [0.1, 0.15) is 5.58 Å². The summed E-state index contributed by atoms with van der Waals surface area (Å²) < 4.78 is 10.9. The summed E-state index contributed by atoms with van der Waals surface area (Å²) in [6.45, 7) is 0. The van der Waals surface area contributed by atoms with Gasteiger partial charge in [-0.1, -0.05) is 42.5 Å². The number of oxazole rings is 1. The Hall–Kier alpha value is -4.65. The molecule has 0 saturated carbocycles. The molecule has 0 bridgehead atoms. The lowest BCUT2D eigenvalue weighted by Gasteiger charge is -2.08. The molecule has 0 saturated heterocycles. The summed E-state index contributed by atoms with van der Waals surface area (Å²) in [4.78, 5) is 28.9. The first-order valence-electron chi connectivity index (χ1n) is 10.3. The number of hydrogen-bond acceptors (Lipinski definition) is 5. The summed E-state index contributed by atoms with van der Waals surface area (Å²) in [5, 5.41) is 6.57. The largest absolute Gasteiger partial charge is 0.451 e. The second-order valence-electron chi connectivity index (χ2n) is 7.47. The second-order valence-corrected chi connectivity index (χ2v) is 7.47. The highest BCUT2D eigenvalue weighted by Gasteiger charge is 2.13. The Kier molecular flexibility index (Phi) is 5.43. The maximum absolute atomic E-state index is 12.5. The van der Waals surface area contributed by atoms with Gasteiger partial charge in [0.25, 0.3) is 5.91 Å². The van der Waals surface area contributed by atoms with Crippen molar-refractivity contribution in [1.29, 1.82) is 0 Å². The van der Waals surface area contributed by atoms with E-state index in [0.717, 1.165) is 16.5 Å². The van der Waals surface area contributed by atoms with E-state index in [1.54, 1.807) is 36.5 Å². The summed E-state index contributed by atoms with van der Waals surface area (Å²) in [5.41, 5.74) is 3.60. The smallest absolute Gasteiger partial charge is 0.291 e. The van der Waals surface area contributed by atoms with Crippen LogP contribution in [-0.4, -0.2) is 16.8 Å². The second kappa shape index (κ2) is 8.84. The number of rotatable bonds is 6. The summed E-state index contributed by atoms with van der Waals surface area (Å²) in [6, 6.07) is 23.7. The first-order chi connectivity index (χ1) is 16.1. The average Bonchev–Trinajstić information content (AvgIpc) is 3.51. The molecule has 7 heteroatoms. The van der Waals surface area contributed by atoms with Crippen molar-refractivity contribution in [3.05, 3.63) is 103 Å². The number of para-hydroxylation sites is 1. The maximum atomic E-state index is 12.5. The molecule has 0 aliphatic carbocycles. The van der Waals surface area contributed by atoms with Gasteiger partial charge < -0.3 is 19.5 Å². The first kappa shape index (κ1) is 20.3. The Morgan fingerprint density at radius 1 is 0.848 bits per heavy atom. The number of anilines is 2. The van der Waals surface area contributed by atoms with Crippen LogP contribution in [0.5, 0.6) is 0 Å². The number of furan rings is 1. The summed E-state index contributed by atoms with van der Waals surface area (Å²) in [7, 11) is 0. The Morgan fingerprint density at radius 3 is 2.48 bits per heavy atom. The van der Waals surface area contributed by atoms with E-state index in [9.17, 15) is 9.59 Å². The number of fused-ring (bicyclic) bond motifs is 1. The van der Waals surface area contributed by atoms with E-state index in [0.29, 0.717) is 22.7 Å². The number of amides is 2. The van der Waals surface area contributed by atoms with Crippen LogP contribution in [0.25, 0.3) is 22.3 Å². The lowest BCUT2D eigenvalue weighted by atomic mass is 10.1. The minimum absolute atomic E-state index is 0.149. The standard InChI is InChI=1S/C26H19N3O4/c30-25(28-21-6-3-5-18(13-21)24-15-27-16-32-24)12-17-8-10-20(11-9-17)29-26(31)23-14-19-4-1-2-7-22(19)33-23/h1-11,13-16H,12H2,(H,28,30)(H,29,31). The molecule has 0 aliphatic rings. The predicted molar refractivity (Wildman–Crippen MR) is 125 cm³/mol. The third kappa shape index (κ3) is 4.67. The molecule has 33 heavy (non-hydrogen) atoms. The van der Waals surface area contributed by atoms with Crippen LogP contribution in [0.3, 0.4) is 0 Å². The third-order valence-electron chi connectivity index (χ3n) is 5.09. The number of carbonyl (C=O) groups excluding carboxylic acids is 2. The van der Waals surface area contributed by atoms with Crippen LogP contribution < -0.4 is 10.6 Å². The SMILES string of the molecule is O=C(Cc1ccc(NC(=O)c2cc3ccccc3o2)cc1)Nc1cccc(-c2cnco2)c1. The van der Waals surface area contributed by atoms with Gasteiger partial charge in [0.15, 0.2) is 17.9 Å². The highest BCUT2D eigenvalue weighted by molar-refractivity contribution is 6.04. The number of nitrogens with one attached hydrogen (secondary N) is 2. The fourth-order valence-electron chi connectivity index (χ4n) is 3.49. The molecule has 0 spiro atoms. The highest BCUT2D eigenvalue weighted by Crippen LogP contribution is 2.23. The first-order valence-corrected chi connectivity index (χ1v) is 10.3. The van der Waals surface area contributed by atoms with E-state index in [2.05, 4.69) is 15.6 Å². The Balaban J connectivity index is 1.19. The van der Waals surface area contributed by atoms with Crippen molar-refractivity contribution in [2.24, 2.45) is 0 Å². The van der Waals surface area contributed by atoms with Crippen molar-refractivity contribution in [1.82, 2.24) is 4.98 Å². The molecular formula is C26H19N3O4. The molecule has 2 amide bonds. The van der Waals surface area contributed by atoms with Gasteiger partial charge in [-0.3, -0.25) is 9.59 Å². The van der Waals surface area contributed by atoms with Crippen LogP contribution in [0, 0.1) is 0 Å². The van der Waals surface area contributed by atoms with Crippen molar-refractivity contribution in [3.63, 3.8) is 0 Å². The number of carbonyl (C=O) groups is 2. The van der Waals surface area contributed by atoms with E-state index in [1.807, 2.05) is 48.5 Å². The summed E-state index contributed by atoms with van der Waals surface area (Å²) in [6.07, 6.45) is 3.18. The molecule has 3 aromatic carbocycles. The van der Waals surface area contributed by atoms with E-state index in [4.69, 9.17) is 8.83 Å². The minimum Gasteiger partial charge on any atom is -0.451 e. The number of aromatic nitrogens is 1. The molecule has 7 nitrogen and oxygen atoms in total. The van der Waals surface area contributed by atoms with E-state index in [-0.39, 0.29) is 24.0 Å². The Bertz CT molecular complexity index is 1390. The summed E-state index contributed by atoms with van der Waals surface area (Å²) >= 11 is 0. The van der Waals surface area contributed by atoms with E-state index >= 15 is 0 Å². The lowest BCUT2D eigenvalue weighted by molar-refractivity contribution is -0.115. The number of hydrogen-bond donors (Lipinski definition) is 2. The molecule has 0 unspecified atom stereocenters. The van der Waals surface area contributed by atoms with E-state index < -0.39 is 0 Å². The van der Waals surface area contributed by atoms with Gasteiger partial charge in [0, 0.05) is 22.3 Å². The molecule has 2 heterocycles. The molecule has 162 valence electrons. The number of benzene rings is 3. The van der Waals surface area contributed by atoms with Crippen LogP contribution in [0.2, 0.25) is 0 Å². The van der Waals surface area contributed by atoms with Crippen molar-refractivity contribution in [2.45, 2.75) is 6.42 Å². The fraction of sp³-hybridized carbons (Fsp3) is 0.0385. The monoisotopic (exact) mass is 437 g/mol. The molecular weight excluding hydrogens is 418 g/mol. The Morgan fingerprint density at radius 2 is 1.70 bits per heavy atom. The van der Waals surface area contributed by atoms with Gasteiger partial charge in [-0.25, -0.2) is 4.98 Å². The average molecular weight is 437 g/mol. The molecule has 2 N–H and O–H groups in total. The van der Waals surface area contributed by atoms with Gasteiger partial charge in [0.2, 0.25) is 5.91 Å². The maximum Gasteiger partial charge on any atom is 0.291 e. The lowest BCUT2D eigenvalue weighted by Crippen LogP contribution is -2.14. The zero-order valence-electron chi connectivity index (χ0n) is 17.4. The van der Waals surface area contributed by atoms with Gasteiger partial charge in [-0.05, 0) is 42.0 Å². The third-order valence-corrected chi connectivity index (χ3v) is 5.09. The molecule has 0 radical (unpaired) electrons. The van der Waals surface area contributed by atoms with Gasteiger partial charge in [-0.15, -0.1) is 0 Å². The zero-order chi connectivity index (χ0) is 22.6. The van der Waals surface area contributed by atoms with E-state index in [1.165, 1.54) is 6.39 Å². The van der Waals surface area contributed by atoms with Crippen LogP contribution in [0.4, 0.5) is 11.4 Å². The Labute approximate surface area is 189 Å². The van der Waals surface area contributed by atoms with Gasteiger partial charge >= 0.3 is 0 Å². The predicted octanol–water partition coefficient (Wildman–Crippen LogP) is 5.52. The van der Waals surface area contributed by atoms with Gasteiger partial charge in [0.05, 0.1) is 12.6 Å². The van der Waals surface area contributed by atoms with Crippen molar-refractivity contribution in [2.75, 3.05) is 10.6 Å². The van der Waals surface area contributed by atoms with Gasteiger partial charge in [-0.2, -0.15) is 0 Å². The number of nitrogens with zero attached hydrogens (tertiary/aromatic N) is 1. The zero-order valence-corrected chi connectivity index (χ0v) is 17.4. The van der Waals surface area contributed by atoms with Crippen molar-refractivity contribution in [3.8, 4) is 11.3 Å². The molecule has 5 aromatic rings. The molecule has 0 fully saturated rings. The fourth-order valence-corrected chi connectivity index (χ4v) is 3.49.